The van der Waals surface area contributed by atoms with Gasteiger partial charge in [-0.25, -0.2) is 17.6 Å². The molecule has 4 rings (SSSR count). The Hall–Kier alpha value is -2.69. The molecule has 1 aromatic heterocycles. The van der Waals surface area contributed by atoms with Crippen LogP contribution < -0.4 is 4.90 Å². The lowest BCUT2D eigenvalue weighted by Gasteiger charge is -2.27. The maximum atomic E-state index is 14.5. The van der Waals surface area contributed by atoms with Gasteiger partial charge in [0.15, 0.2) is 15.7 Å². The van der Waals surface area contributed by atoms with Crippen molar-refractivity contribution in [2.24, 2.45) is 0 Å². The van der Waals surface area contributed by atoms with E-state index in [0.29, 0.717) is 56.4 Å². The summed E-state index contributed by atoms with van der Waals surface area (Å²) in [4.78, 5) is 18.8. The van der Waals surface area contributed by atoms with Crippen LogP contribution in [-0.2, 0) is 9.84 Å². The second-order valence-electron chi connectivity index (χ2n) is 7.85. The fraction of sp³-hybridized carbons (Fsp3) is 0.526. The first-order valence-corrected chi connectivity index (χ1v) is 11.7. The van der Waals surface area contributed by atoms with Crippen LogP contribution in [0.2, 0.25) is 0 Å². The molecule has 2 fully saturated rings. The quantitative estimate of drug-likeness (QED) is 0.774. The number of aromatic nitrogens is 2. The summed E-state index contributed by atoms with van der Waals surface area (Å²) in [6.07, 6.45) is 2.14. The number of anilines is 1. The molecule has 162 valence electrons. The molecular formula is C19H23FN4O5S. The molecule has 2 aliphatic rings. The number of benzene rings is 1. The van der Waals surface area contributed by atoms with Crippen molar-refractivity contribution in [2.45, 2.75) is 36.0 Å². The van der Waals surface area contributed by atoms with E-state index in [1.54, 1.807) is 0 Å². The van der Waals surface area contributed by atoms with Gasteiger partial charge in [0.2, 0.25) is 5.89 Å². The molecule has 1 N–H and O–H groups in total. The fourth-order valence-electron chi connectivity index (χ4n) is 4.06. The van der Waals surface area contributed by atoms with Gasteiger partial charge in [-0.15, -0.1) is 0 Å². The Morgan fingerprint density at radius 2 is 1.90 bits per heavy atom. The van der Waals surface area contributed by atoms with Crippen molar-refractivity contribution < 1.29 is 27.2 Å². The molecule has 3 heterocycles. The maximum absolute atomic E-state index is 14.5. The van der Waals surface area contributed by atoms with Crippen LogP contribution in [0.5, 0.6) is 0 Å². The van der Waals surface area contributed by atoms with Crippen LogP contribution in [-0.4, -0.2) is 67.1 Å². The van der Waals surface area contributed by atoms with E-state index < -0.39 is 21.7 Å². The number of carbonyl (C=O) groups is 1. The van der Waals surface area contributed by atoms with Crippen LogP contribution in [0.15, 0.2) is 27.6 Å². The molecule has 1 unspecified atom stereocenters. The average molecular weight is 438 g/mol. The van der Waals surface area contributed by atoms with Gasteiger partial charge in [0.05, 0.1) is 10.6 Å². The number of amides is 1. The topological polar surface area (TPSA) is 117 Å². The lowest BCUT2D eigenvalue weighted by atomic mass is 9.97. The minimum atomic E-state index is -3.46. The van der Waals surface area contributed by atoms with E-state index in [0.717, 1.165) is 18.7 Å². The molecular weight excluding hydrogens is 415 g/mol. The Morgan fingerprint density at radius 1 is 1.20 bits per heavy atom. The lowest BCUT2D eigenvalue weighted by Crippen LogP contribution is -2.36. The largest absolute Gasteiger partial charge is 0.465 e. The summed E-state index contributed by atoms with van der Waals surface area (Å²) in [5.74, 6) is 0.548. The molecule has 1 aromatic carbocycles. The first-order valence-electron chi connectivity index (χ1n) is 9.78. The molecule has 1 atom stereocenters. The van der Waals surface area contributed by atoms with Gasteiger partial charge >= 0.3 is 6.09 Å². The number of piperidine rings is 1. The van der Waals surface area contributed by atoms with E-state index in [-0.39, 0.29) is 16.7 Å². The molecule has 2 aliphatic heterocycles. The van der Waals surface area contributed by atoms with E-state index in [1.807, 2.05) is 4.90 Å². The minimum Gasteiger partial charge on any atom is -0.465 e. The highest BCUT2D eigenvalue weighted by molar-refractivity contribution is 7.90. The van der Waals surface area contributed by atoms with E-state index in [9.17, 15) is 17.6 Å². The Kier molecular flexibility index (Phi) is 5.39. The van der Waals surface area contributed by atoms with Crippen LogP contribution in [0.4, 0.5) is 14.9 Å². The molecule has 1 amide bonds. The minimum absolute atomic E-state index is 0.0180. The summed E-state index contributed by atoms with van der Waals surface area (Å²) < 4.78 is 43.1. The van der Waals surface area contributed by atoms with Crippen LogP contribution in [0.25, 0.3) is 0 Å². The molecule has 0 bridgehead atoms. The van der Waals surface area contributed by atoms with Crippen molar-refractivity contribution >= 4 is 21.6 Å². The van der Waals surface area contributed by atoms with Gasteiger partial charge < -0.3 is 19.4 Å². The van der Waals surface area contributed by atoms with Gasteiger partial charge in [0.25, 0.3) is 0 Å². The van der Waals surface area contributed by atoms with Gasteiger partial charge in [-0.1, -0.05) is 5.16 Å². The number of sulfone groups is 1. The van der Waals surface area contributed by atoms with Gasteiger partial charge in [-0.05, 0) is 37.5 Å². The standard InChI is InChI=1S/C19H23FN4O5S/c1-30(27,28)14-2-3-16(15(20)10-14)24-9-6-13(11-24)17-21-18(29-22-17)12-4-7-23(8-5-12)19(25)26/h2-3,10,12-13H,4-9,11H2,1H3,(H,25,26). The predicted molar refractivity (Wildman–Crippen MR) is 105 cm³/mol. The molecule has 11 heteroatoms. The van der Waals surface area contributed by atoms with Crippen LogP contribution >= 0.6 is 0 Å². The van der Waals surface area contributed by atoms with Crippen molar-refractivity contribution in [1.82, 2.24) is 15.0 Å². The number of likely N-dealkylation sites (tertiary alicyclic amines) is 1. The maximum Gasteiger partial charge on any atom is 0.407 e. The molecule has 2 saturated heterocycles. The van der Waals surface area contributed by atoms with Gasteiger partial charge in [-0.3, -0.25) is 0 Å². The molecule has 30 heavy (non-hydrogen) atoms. The van der Waals surface area contributed by atoms with Crippen LogP contribution in [0, 0.1) is 5.82 Å². The highest BCUT2D eigenvalue weighted by Gasteiger charge is 2.32. The predicted octanol–water partition coefficient (Wildman–Crippen LogP) is 2.46. The third-order valence-electron chi connectivity index (χ3n) is 5.81. The second kappa shape index (κ2) is 7.86. The summed E-state index contributed by atoms with van der Waals surface area (Å²) in [5, 5.41) is 13.2. The number of halogens is 1. The van der Waals surface area contributed by atoms with Crippen molar-refractivity contribution in [2.75, 3.05) is 37.3 Å². The molecule has 0 spiro atoms. The smallest absolute Gasteiger partial charge is 0.407 e. The fourth-order valence-corrected chi connectivity index (χ4v) is 4.69. The van der Waals surface area contributed by atoms with Crippen molar-refractivity contribution in [3.63, 3.8) is 0 Å². The third kappa shape index (κ3) is 4.11. The average Bonchev–Trinajstić information content (AvgIpc) is 3.37. The third-order valence-corrected chi connectivity index (χ3v) is 6.92. The summed E-state index contributed by atoms with van der Waals surface area (Å²) in [6, 6.07) is 3.96. The first kappa shape index (κ1) is 20.6. The number of hydrogen-bond donors (Lipinski definition) is 1. The Bertz CT molecular complexity index is 1050. The zero-order valence-corrected chi connectivity index (χ0v) is 17.3. The molecule has 2 aromatic rings. The first-order chi connectivity index (χ1) is 14.2. The SMILES string of the molecule is CS(=O)(=O)c1ccc(N2CCC(c3noc(C4CCN(C(=O)O)CC4)n3)C2)c(F)c1. The number of rotatable bonds is 4. The second-order valence-corrected chi connectivity index (χ2v) is 9.87. The van der Waals surface area contributed by atoms with Gasteiger partial charge in [-0.2, -0.15) is 4.98 Å². The summed E-state index contributed by atoms with van der Waals surface area (Å²) >= 11 is 0. The van der Waals surface area contributed by atoms with Gasteiger partial charge in [0, 0.05) is 44.3 Å². The van der Waals surface area contributed by atoms with Crippen LogP contribution in [0.1, 0.15) is 42.8 Å². The molecule has 0 aliphatic carbocycles. The lowest BCUT2D eigenvalue weighted by molar-refractivity contribution is 0.128. The van der Waals surface area contributed by atoms with Crippen molar-refractivity contribution in [3.05, 3.63) is 35.7 Å². The Labute approximate surface area is 173 Å². The highest BCUT2D eigenvalue weighted by Crippen LogP contribution is 2.33. The van der Waals surface area contributed by atoms with Gasteiger partial charge in [0.1, 0.15) is 5.82 Å². The molecule has 0 radical (unpaired) electrons. The zero-order chi connectivity index (χ0) is 21.5. The Balaban J connectivity index is 1.42. The summed E-state index contributed by atoms with van der Waals surface area (Å²) in [6.45, 7) is 1.99. The Morgan fingerprint density at radius 3 is 2.53 bits per heavy atom. The monoisotopic (exact) mass is 438 g/mol. The van der Waals surface area contributed by atoms with Crippen molar-refractivity contribution in [3.8, 4) is 0 Å². The van der Waals surface area contributed by atoms with E-state index in [1.165, 1.54) is 17.0 Å². The number of carboxylic acid groups (broad SMARTS) is 1. The summed E-state index contributed by atoms with van der Waals surface area (Å²) in [7, 11) is -3.46. The van der Waals surface area contributed by atoms with Crippen molar-refractivity contribution in [1.29, 1.82) is 0 Å². The zero-order valence-electron chi connectivity index (χ0n) is 16.5. The summed E-state index contributed by atoms with van der Waals surface area (Å²) in [5.41, 5.74) is 0.356. The number of nitrogens with zero attached hydrogens (tertiary/aromatic N) is 4. The normalized spacial score (nSPS) is 20.7. The van der Waals surface area contributed by atoms with E-state index in [2.05, 4.69) is 10.1 Å². The number of hydrogen-bond acceptors (Lipinski definition) is 7. The molecule has 9 nitrogen and oxygen atoms in total. The highest BCUT2D eigenvalue weighted by atomic mass is 32.2. The molecule has 0 saturated carbocycles. The van der Waals surface area contributed by atoms with E-state index in [4.69, 9.17) is 9.63 Å². The van der Waals surface area contributed by atoms with Crippen LogP contribution in [0.3, 0.4) is 0 Å². The van der Waals surface area contributed by atoms with E-state index >= 15 is 0 Å².